The van der Waals surface area contributed by atoms with Gasteiger partial charge in [-0.1, -0.05) is 18.2 Å². The highest BCUT2D eigenvalue weighted by Crippen LogP contribution is 2.43. The zero-order chi connectivity index (χ0) is 24.8. The molecule has 4 heterocycles. The van der Waals surface area contributed by atoms with Gasteiger partial charge in [-0.3, -0.25) is 9.36 Å². The summed E-state index contributed by atoms with van der Waals surface area (Å²) in [5.74, 6) is -2.46. The molecule has 1 aliphatic rings. The van der Waals surface area contributed by atoms with Gasteiger partial charge < -0.3 is 5.32 Å². The van der Waals surface area contributed by atoms with Crippen LogP contribution in [0.25, 0.3) is 16.9 Å². The first-order valence-electron chi connectivity index (χ1n) is 10.9. The van der Waals surface area contributed by atoms with Crippen LogP contribution in [0.5, 0.6) is 0 Å². The van der Waals surface area contributed by atoms with Crippen LogP contribution in [-0.4, -0.2) is 41.4 Å². The first-order valence-corrected chi connectivity index (χ1v) is 10.9. The number of aryl methyl sites for hydroxylation is 1. The minimum Gasteiger partial charge on any atom is -0.337 e. The number of hydrogen-bond donors (Lipinski definition) is 2. The number of carbonyl (C=O) groups is 1. The number of fused-ring (bicyclic) bond motifs is 1. The number of alkyl halides is 1. The highest BCUT2D eigenvalue weighted by Gasteiger charge is 2.55. The maximum Gasteiger partial charge on any atom is 0.287 e. The molecule has 35 heavy (non-hydrogen) atoms. The summed E-state index contributed by atoms with van der Waals surface area (Å²) in [6, 6.07) is 14.5. The van der Waals surface area contributed by atoms with Gasteiger partial charge in [0.2, 0.25) is 5.91 Å². The fourth-order valence-electron chi connectivity index (χ4n) is 4.41. The van der Waals surface area contributed by atoms with E-state index >= 15 is 4.39 Å². The van der Waals surface area contributed by atoms with Crippen molar-refractivity contribution in [1.82, 2.24) is 35.2 Å². The van der Waals surface area contributed by atoms with Crippen molar-refractivity contribution in [3.63, 3.8) is 0 Å². The summed E-state index contributed by atoms with van der Waals surface area (Å²) < 4.78 is 17.1. The zero-order valence-electron chi connectivity index (χ0n) is 19.3. The lowest BCUT2D eigenvalue weighted by Crippen LogP contribution is -2.49. The summed E-state index contributed by atoms with van der Waals surface area (Å²) in [6.07, 6.45) is 3.07. The van der Waals surface area contributed by atoms with Crippen molar-refractivity contribution < 1.29 is 9.18 Å². The molecule has 1 saturated heterocycles. The monoisotopic (exact) mass is 471 g/mol. The average Bonchev–Trinajstić information content (AvgIpc) is 3.39. The van der Waals surface area contributed by atoms with E-state index in [1.165, 1.54) is 6.92 Å². The van der Waals surface area contributed by atoms with Crippen LogP contribution in [0.15, 0.2) is 55.0 Å². The van der Waals surface area contributed by atoms with Crippen LogP contribution < -0.4 is 10.7 Å². The van der Waals surface area contributed by atoms with Crippen molar-refractivity contribution in [2.24, 2.45) is 0 Å². The van der Waals surface area contributed by atoms with Crippen molar-refractivity contribution in [3.8, 4) is 11.8 Å². The molecule has 10 nitrogen and oxygen atoms in total. The van der Waals surface area contributed by atoms with Gasteiger partial charge in [0.05, 0.1) is 28.8 Å². The third-order valence-corrected chi connectivity index (χ3v) is 6.00. The summed E-state index contributed by atoms with van der Waals surface area (Å²) in [6.45, 7) is 4.84. The van der Waals surface area contributed by atoms with Crippen LogP contribution >= 0.6 is 0 Å². The fourth-order valence-corrected chi connectivity index (χ4v) is 4.41. The number of nitrogens with one attached hydrogen (secondary N) is 2. The van der Waals surface area contributed by atoms with E-state index in [2.05, 4.69) is 30.9 Å². The molecule has 5 rings (SSSR count). The number of aromatic nitrogens is 5. The molecule has 4 aromatic rings. The molecular formula is C24H22FN9O. The van der Waals surface area contributed by atoms with Gasteiger partial charge in [0.1, 0.15) is 17.9 Å². The van der Waals surface area contributed by atoms with Gasteiger partial charge in [0, 0.05) is 13.3 Å². The van der Waals surface area contributed by atoms with Gasteiger partial charge in [-0.05, 0) is 43.7 Å². The van der Waals surface area contributed by atoms with Crippen LogP contribution in [0.4, 0.5) is 15.9 Å². The van der Waals surface area contributed by atoms with Crippen LogP contribution in [0.3, 0.4) is 0 Å². The van der Waals surface area contributed by atoms with Gasteiger partial charge >= 0.3 is 0 Å². The Hall–Kier alpha value is -4.43. The second-order valence-corrected chi connectivity index (χ2v) is 8.73. The molecule has 2 N–H and O–H groups in total. The molecule has 2 unspecified atom stereocenters. The number of benzene rings is 1. The number of hydrazine groups is 1. The maximum atomic E-state index is 15.3. The number of halogens is 1. The normalized spacial score (nSPS) is 21.7. The third-order valence-electron chi connectivity index (χ3n) is 6.00. The standard InChI is InChI=1S/C24H22FN9O/c1-15-8-9-21(31-30-15)29-17-10-19-22(27-11-17)33(14-28-19)20-7-5-4-6-18(20)23(3)12-24(25,13-26)34(32-23)16(2)35/h4-11,14,32H,12H2,1-3H3,(H,29,31). The highest BCUT2D eigenvalue weighted by atomic mass is 19.1. The molecule has 1 fully saturated rings. The van der Waals surface area contributed by atoms with E-state index in [1.807, 2.05) is 49.4 Å². The Labute approximate surface area is 200 Å². The van der Waals surface area contributed by atoms with Crippen molar-refractivity contribution in [2.45, 2.75) is 38.5 Å². The molecule has 3 aromatic heterocycles. The third kappa shape index (κ3) is 3.83. The molecule has 0 bridgehead atoms. The van der Waals surface area contributed by atoms with Gasteiger partial charge in [-0.25, -0.2) is 24.8 Å². The molecule has 1 aromatic carbocycles. The number of para-hydroxylation sites is 1. The lowest BCUT2D eigenvalue weighted by molar-refractivity contribution is -0.140. The van der Waals surface area contributed by atoms with E-state index in [1.54, 1.807) is 30.1 Å². The minimum atomic E-state index is -2.47. The largest absolute Gasteiger partial charge is 0.337 e. The molecule has 176 valence electrons. The van der Waals surface area contributed by atoms with E-state index in [-0.39, 0.29) is 6.42 Å². The summed E-state index contributed by atoms with van der Waals surface area (Å²) in [5.41, 5.74) is 6.03. The Morgan fingerprint density at radius 2 is 2.03 bits per heavy atom. The molecule has 11 heteroatoms. The number of amides is 1. The van der Waals surface area contributed by atoms with Crippen molar-refractivity contribution in [2.75, 3.05) is 5.32 Å². The van der Waals surface area contributed by atoms with Gasteiger partial charge in [-0.2, -0.15) is 10.4 Å². The van der Waals surface area contributed by atoms with Crippen LogP contribution in [0, 0.1) is 18.3 Å². The average molecular weight is 472 g/mol. The maximum absolute atomic E-state index is 15.3. The molecule has 0 spiro atoms. The predicted octanol–water partition coefficient (Wildman–Crippen LogP) is 3.42. The lowest BCUT2D eigenvalue weighted by Gasteiger charge is -2.28. The van der Waals surface area contributed by atoms with Gasteiger partial charge in [0.25, 0.3) is 5.79 Å². The second kappa shape index (κ2) is 8.11. The van der Waals surface area contributed by atoms with Gasteiger partial charge in [-0.15, -0.1) is 5.10 Å². The summed E-state index contributed by atoms with van der Waals surface area (Å²) in [5, 5.41) is 21.5. The number of pyridine rings is 1. The summed E-state index contributed by atoms with van der Waals surface area (Å²) in [4.78, 5) is 21.1. The van der Waals surface area contributed by atoms with Crippen LogP contribution in [0.2, 0.25) is 0 Å². The number of rotatable bonds is 4. The lowest BCUT2D eigenvalue weighted by atomic mass is 9.86. The Morgan fingerprint density at radius 1 is 1.23 bits per heavy atom. The molecular weight excluding hydrogens is 449 g/mol. The molecule has 1 amide bonds. The van der Waals surface area contributed by atoms with E-state index in [4.69, 9.17) is 0 Å². The molecule has 0 aliphatic carbocycles. The number of nitriles is 1. The zero-order valence-corrected chi connectivity index (χ0v) is 19.3. The second-order valence-electron chi connectivity index (χ2n) is 8.73. The number of anilines is 2. The SMILES string of the molecule is CC(=O)N1NC(C)(c2ccccc2-n2cnc3cc(Nc4ccc(C)nn4)cnc32)CC1(F)C#N. The first-order chi connectivity index (χ1) is 16.7. The Morgan fingerprint density at radius 3 is 2.71 bits per heavy atom. The molecule has 1 aliphatic heterocycles. The van der Waals surface area contributed by atoms with Crippen LogP contribution in [-0.2, 0) is 10.3 Å². The number of hydrogen-bond acceptors (Lipinski definition) is 8. The quantitative estimate of drug-likeness (QED) is 0.434. The minimum absolute atomic E-state index is 0.237. The number of nitrogens with zero attached hydrogens (tertiary/aromatic N) is 7. The summed E-state index contributed by atoms with van der Waals surface area (Å²) >= 11 is 0. The van der Waals surface area contributed by atoms with Crippen LogP contribution in [0.1, 0.15) is 31.5 Å². The van der Waals surface area contributed by atoms with E-state index in [0.717, 1.165) is 10.7 Å². The topological polar surface area (TPSA) is 125 Å². The highest BCUT2D eigenvalue weighted by molar-refractivity contribution is 5.78. The molecule has 0 radical (unpaired) electrons. The number of carbonyl (C=O) groups excluding carboxylic acids is 1. The molecule has 0 saturated carbocycles. The van der Waals surface area contributed by atoms with E-state index in [9.17, 15) is 10.1 Å². The number of imidazole rings is 1. The first kappa shape index (κ1) is 22.4. The van der Waals surface area contributed by atoms with Crippen molar-refractivity contribution >= 4 is 28.6 Å². The smallest absolute Gasteiger partial charge is 0.287 e. The summed E-state index contributed by atoms with van der Waals surface area (Å²) in [7, 11) is 0. The fraction of sp³-hybridized carbons (Fsp3) is 0.250. The van der Waals surface area contributed by atoms with Crippen molar-refractivity contribution in [1.29, 1.82) is 5.26 Å². The van der Waals surface area contributed by atoms with E-state index < -0.39 is 17.2 Å². The van der Waals surface area contributed by atoms with E-state index in [0.29, 0.717) is 33.9 Å². The van der Waals surface area contributed by atoms with Gasteiger partial charge in [0.15, 0.2) is 11.5 Å². The molecule has 2 atom stereocenters. The Kier molecular flexibility index (Phi) is 5.18. The Balaban J connectivity index is 1.53. The van der Waals surface area contributed by atoms with Crippen molar-refractivity contribution in [3.05, 3.63) is 66.2 Å². The predicted molar refractivity (Wildman–Crippen MR) is 126 cm³/mol. The Bertz CT molecular complexity index is 1480.